The van der Waals surface area contributed by atoms with Crippen LogP contribution in [0.5, 0.6) is 0 Å². The summed E-state index contributed by atoms with van der Waals surface area (Å²) in [5.74, 6) is 0.892. The van der Waals surface area contributed by atoms with Gasteiger partial charge in [-0.3, -0.25) is 4.90 Å². The summed E-state index contributed by atoms with van der Waals surface area (Å²) in [4.78, 5) is 8.90. The molecule has 3 N–H and O–H groups in total. The van der Waals surface area contributed by atoms with Crippen LogP contribution in [0.2, 0.25) is 0 Å². The fraction of sp³-hybridized carbons (Fsp3) is 0.643. The van der Waals surface area contributed by atoms with Gasteiger partial charge in [-0.05, 0) is 32.4 Å². The van der Waals surface area contributed by atoms with Crippen LogP contribution >= 0.6 is 0 Å². The number of aromatic nitrogens is 1. The molecule has 1 aliphatic heterocycles. The molecule has 1 aromatic rings. The second kappa shape index (κ2) is 5.35. The predicted octanol–water partition coefficient (Wildman–Crippen LogP) is 0.865. The van der Waals surface area contributed by atoms with Crippen molar-refractivity contribution < 1.29 is 5.11 Å². The molecule has 1 aliphatic rings. The summed E-state index contributed by atoms with van der Waals surface area (Å²) in [6.45, 7) is 10.1. The van der Waals surface area contributed by atoms with Crippen molar-refractivity contribution >= 4 is 11.5 Å². The summed E-state index contributed by atoms with van der Waals surface area (Å²) in [5, 5.41) is 9.85. The Balaban J connectivity index is 1.98. The predicted molar refractivity (Wildman–Crippen MR) is 78.3 cm³/mol. The van der Waals surface area contributed by atoms with E-state index in [4.69, 9.17) is 5.73 Å². The van der Waals surface area contributed by atoms with Crippen LogP contribution in [0.15, 0.2) is 12.3 Å². The van der Waals surface area contributed by atoms with Crippen LogP contribution in [-0.4, -0.2) is 53.3 Å². The lowest BCUT2D eigenvalue weighted by molar-refractivity contribution is 0.0345. The first-order valence-electron chi connectivity index (χ1n) is 6.77. The van der Waals surface area contributed by atoms with E-state index >= 15 is 0 Å². The van der Waals surface area contributed by atoms with Crippen LogP contribution in [0.3, 0.4) is 0 Å². The highest BCUT2D eigenvalue weighted by molar-refractivity contribution is 5.66. The average Bonchev–Trinajstić information content (AvgIpc) is 2.32. The van der Waals surface area contributed by atoms with E-state index in [0.29, 0.717) is 6.54 Å². The zero-order valence-corrected chi connectivity index (χ0v) is 12.1. The maximum absolute atomic E-state index is 9.85. The largest absolute Gasteiger partial charge is 0.396 e. The van der Waals surface area contributed by atoms with Gasteiger partial charge in [-0.1, -0.05) is 0 Å². The molecule has 106 valence electrons. The first-order valence-corrected chi connectivity index (χ1v) is 6.77. The van der Waals surface area contributed by atoms with Gasteiger partial charge >= 0.3 is 0 Å². The molecular formula is C14H24N4O. The number of piperazine rings is 1. The van der Waals surface area contributed by atoms with Gasteiger partial charge in [0.05, 0.1) is 11.3 Å². The number of nitrogens with zero attached hydrogens (tertiary/aromatic N) is 3. The van der Waals surface area contributed by atoms with E-state index in [-0.39, 0.29) is 0 Å². The molecule has 0 radical (unpaired) electrons. The Kier molecular flexibility index (Phi) is 3.96. The number of β-amino-alcohol motifs (C(OH)–C–C–N with tert-alkyl or cyclic N) is 1. The van der Waals surface area contributed by atoms with E-state index < -0.39 is 5.60 Å². The maximum atomic E-state index is 9.85. The molecule has 0 bridgehead atoms. The number of aryl methyl sites for hydroxylation is 1. The molecule has 0 atom stereocenters. The van der Waals surface area contributed by atoms with E-state index in [9.17, 15) is 5.11 Å². The van der Waals surface area contributed by atoms with E-state index in [1.807, 2.05) is 33.0 Å². The van der Waals surface area contributed by atoms with E-state index in [0.717, 1.165) is 43.2 Å². The molecule has 0 aliphatic carbocycles. The molecule has 0 unspecified atom stereocenters. The van der Waals surface area contributed by atoms with Gasteiger partial charge in [0.2, 0.25) is 0 Å². The molecule has 1 aromatic heterocycles. The molecule has 0 saturated carbocycles. The highest BCUT2D eigenvalue weighted by Crippen LogP contribution is 2.24. The molecule has 5 heteroatoms. The van der Waals surface area contributed by atoms with E-state index in [2.05, 4.69) is 14.8 Å². The number of rotatable bonds is 3. The first-order chi connectivity index (χ1) is 8.87. The van der Waals surface area contributed by atoms with Gasteiger partial charge in [-0.2, -0.15) is 0 Å². The van der Waals surface area contributed by atoms with E-state index in [1.54, 1.807) is 0 Å². The summed E-state index contributed by atoms with van der Waals surface area (Å²) in [5.41, 5.74) is 7.31. The normalized spacial score (nSPS) is 17.8. The fourth-order valence-electron chi connectivity index (χ4n) is 2.47. The van der Waals surface area contributed by atoms with Crippen LogP contribution < -0.4 is 10.6 Å². The number of anilines is 2. The third kappa shape index (κ3) is 3.58. The second-order valence-corrected chi connectivity index (χ2v) is 5.94. The molecule has 0 aromatic carbocycles. The van der Waals surface area contributed by atoms with Gasteiger partial charge in [-0.15, -0.1) is 0 Å². The Hall–Kier alpha value is -1.33. The van der Waals surface area contributed by atoms with Crippen molar-refractivity contribution in [2.45, 2.75) is 26.4 Å². The Labute approximate surface area is 115 Å². The van der Waals surface area contributed by atoms with Gasteiger partial charge in [0.15, 0.2) is 5.82 Å². The summed E-state index contributed by atoms with van der Waals surface area (Å²) in [6, 6.07) is 1.93. The van der Waals surface area contributed by atoms with Crippen molar-refractivity contribution in [2.75, 3.05) is 43.4 Å². The van der Waals surface area contributed by atoms with Crippen LogP contribution in [-0.2, 0) is 0 Å². The number of nitrogen functional groups attached to an aromatic ring is 1. The minimum atomic E-state index is -0.636. The highest BCUT2D eigenvalue weighted by atomic mass is 16.3. The lowest BCUT2D eigenvalue weighted by atomic mass is 10.1. The van der Waals surface area contributed by atoms with Gasteiger partial charge in [0, 0.05) is 38.9 Å². The molecule has 0 amide bonds. The topological polar surface area (TPSA) is 65.6 Å². The Morgan fingerprint density at radius 2 is 1.95 bits per heavy atom. The molecule has 0 spiro atoms. The summed E-state index contributed by atoms with van der Waals surface area (Å²) >= 11 is 0. The lowest BCUT2D eigenvalue weighted by Gasteiger charge is -2.38. The molecule has 2 rings (SSSR count). The monoisotopic (exact) mass is 264 g/mol. The minimum Gasteiger partial charge on any atom is -0.396 e. The van der Waals surface area contributed by atoms with Gasteiger partial charge < -0.3 is 15.7 Å². The summed E-state index contributed by atoms with van der Waals surface area (Å²) < 4.78 is 0. The molecule has 1 saturated heterocycles. The quantitative estimate of drug-likeness (QED) is 0.848. The van der Waals surface area contributed by atoms with Crippen LogP contribution in [0.25, 0.3) is 0 Å². The first kappa shape index (κ1) is 14.1. The SMILES string of the molecule is Cc1ccnc(N2CCN(CC(C)(C)O)CC2)c1N. The number of hydrogen-bond acceptors (Lipinski definition) is 5. The Morgan fingerprint density at radius 3 is 2.53 bits per heavy atom. The summed E-state index contributed by atoms with van der Waals surface area (Å²) in [7, 11) is 0. The lowest BCUT2D eigenvalue weighted by Crippen LogP contribution is -2.50. The Morgan fingerprint density at radius 1 is 1.32 bits per heavy atom. The van der Waals surface area contributed by atoms with Crippen molar-refractivity contribution in [1.82, 2.24) is 9.88 Å². The second-order valence-electron chi connectivity index (χ2n) is 5.94. The van der Waals surface area contributed by atoms with Gasteiger partial charge in [0.25, 0.3) is 0 Å². The van der Waals surface area contributed by atoms with Crippen LogP contribution in [0.1, 0.15) is 19.4 Å². The van der Waals surface area contributed by atoms with Crippen molar-refractivity contribution in [2.24, 2.45) is 0 Å². The zero-order valence-electron chi connectivity index (χ0n) is 12.1. The average molecular weight is 264 g/mol. The molecule has 1 fully saturated rings. The van der Waals surface area contributed by atoms with Gasteiger partial charge in [0.1, 0.15) is 0 Å². The van der Waals surface area contributed by atoms with Crippen molar-refractivity contribution in [3.8, 4) is 0 Å². The van der Waals surface area contributed by atoms with E-state index in [1.165, 1.54) is 0 Å². The molecule has 5 nitrogen and oxygen atoms in total. The van der Waals surface area contributed by atoms with Crippen molar-refractivity contribution in [3.63, 3.8) is 0 Å². The maximum Gasteiger partial charge on any atom is 0.152 e. The highest BCUT2D eigenvalue weighted by Gasteiger charge is 2.24. The third-order valence-corrected chi connectivity index (χ3v) is 3.47. The molecular weight excluding hydrogens is 240 g/mol. The standard InChI is InChI=1S/C14H24N4O/c1-11-4-5-16-13(12(11)15)18-8-6-17(7-9-18)10-14(2,3)19/h4-5,19H,6-10,15H2,1-3H3. The third-order valence-electron chi connectivity index (χ3n) is 3.47. The van der Waals surface area contributed by atoms with Crippen molar-refractivity contribution in [3.05, 3.63) is 17.8 Å². The number of pyridine rings is 1. The number of nitrogens with two attached hydrogens (primary N) is 1. The number of hydrogen-bond donors (Lipinski definition) is 2. The number of aliphatic hydroxyl groups is 1. The smallest absolute Gasteiger partial charge is 0.152 e. The van der Waals surface area contributed by atoms with Crippen LogP contribution in [0, 0.1) is 6.92 Å². The molecule has 2 heterocycles. The summed E-state index contributed by atoms with van der Waals surface area (Å²) in [6.07, 6.45) is 1.81. The van der Waals surface area contributed by atoms with Crippen LogP contribution in [0.4, 0.5) is 11.5 Å². The fourth-order valence-corrected chi connectivity index (χ4v) is 2.47. The van der Waals surface area contributed by atoms with Crippen molar-refractivity contribution in [1.29, 1.82) is 0 Å². The zero-order chi connectivity index (χ0) is 14.0. The minimum absolute atomic E-state index is 0.636. The molecule has 19 heavy (non-hydrogen) atoms. The van der Waals surface area contributed by atoms with Gasteiger partial charge in [-0.25, -0.2) is 4.98 Å². The Bertz CT molecular complexity index is 434.